The number of halogens is 1. The number of nitrogens with zero attached hydrogens (tertiary/aromatic N) is 5. The predicted molar refractivity (Wildman–Crippen MR) is 142 cm³/mol. The quantitative estimate of drug-likeness (QED) is 0.499. The molecule has 3 aromatic heterocycles. The zero-order chi connectivity index (χ0) is 26.2. The van der Waals surface area contributed by atoms with Crippen LogP contribution in [-0.2, 0) is 4.74 Å². The number of carbonyl (C=O) groups is 1. The molecule has 3 fully saturated rings. The van der Waals surface area contributed by atoms with Gasteiger partial charge in [0.2, 0.25) is 0 Å². The molecule has 1 aliphatic heterocycles. The lowest BCUT2D eigenvalue weighted by atomic mass is 9.82. The summed E-state index contributed by atoms with van der Waals surface area (Å²) < 4.78 is 21.7. The highest BCUT2D eigenvalue weighted by Gasteiger charge is 2.29. The molecule has 0 atom stereocenters. The molecule has 1 saturated heterocycles. The van der Waals surface area contributed by atoms with E-state index in [2.05, 4.69) is 27.2 Å². The van der Waals surface area contributed by atoms with Crippen molar-refractivity contribution in [2.45, 2.75) is 70.3 Å². The van der Waals surface area contributed by atoms with E-state index >= 15 is 0 Å². The number of morpholine rings is 1. The van der Waals surface area contributed by atoms with E-state index in [0.717, 1.165) is 68.8 Å². The lowest BCUT2D eigenvalue weighted by molar-refractivity contribution is 0.00720. The van der Waals surface area contributed by atoms with E-state index in [0.29, 0.717) is 34.8 Å². The number of aryl methyl sites for hydroxylation is 1. The van der Waals surface area contributed by atoms with Crippen LogP contribution in [0.5, 0.6) is 0 Å². The van der Waals surface area contributed by atoms with E-state index in [4.69, 9.17) is 9.72 Å². The van der Waals surface area contributed by atoms with Crippen molar-refractivity contribution in [1.29, 1.82) is 0 Å². The van der Waals surface area contributed by atoms with Gasteiger partial charge in [0.25, 0.3) is 5.91 Å². The normalized spacial score (nSPS) is 22.4. The number of pyridine rings is 2. The van der Waals surface area contributed by atoms with E-state index < -0.39 is 5.82 Å². The Hall–Kier alpha value is -3.17. The topological polar surface area (TPSA) is 85.2 Å². The first-order valence-corrected chi connectivity index (χ1v) is 13.8. The summed E-state index contributed by atoms with van der Waals surface area (Å²) in [6.07, 6.45) is 11.7. The number of aromatic nitrogens is 4. The summed E-state index contributed by atoms with van der Waals surface area (Å²) in [5.41, 5.74) is 4.69. The molecule has 3 aromatic rings. The molecule has 2 saturated carbocycles. The van der Waals surface area contributed by atoms with E-state index in [1.807, 2.05) is 6.07 Å². The van der Waals surface area contributed by atoms with Crippen molar-refractivity contribution in [3.63, 3.8) is 0 Å². The van der Waals surface area contributed by atoms with Crippen molar-refractivity contribution in [2.24, 2.45) is 0 Å². The molecule has 38 heavy (non-hydrogen) atoms. The first kappa shape index (κ1) is 25.1. The molecule has 2 aliphatic carbocycles. The number of ether oxygens (including phenoxy) is 1. The number of carbonyl (C=O) groups excluding carboxylic acids is 1. The van der Waals surface area contributed by atoms with Crippen LogP contribution in [0.4, 0.5) is 10.1 Å². The number of anilines is 1. The van der Waals surface area contributed by atoms with Gasteiger partial charge in [-0.2, -0.15) is 5.10 Å². The Labute approximate surface area is 222 Å². The van der Waals surface area contributed by atoms with Crippen LogP contribution in [0.25, 0.3) is 5.82 Å². The highest BCUT2D eigenvalue weighted by molar-refractivity contribution is 6.04. The Kier molecular flexibility index (Phi) is 6.97. The summed E-state index contributed by atoms with van der Waals surface area (Å²) in [7, 11) is 0. The maximum Gasteiger partial charge on any atom is 0.259 e. The number of hydrogen-bond donors (Lipinski definition) is 1. The van der Waals surface area contributed by atoms with Gasteiger partial charge in [-0.15, -0.1) is 0 Å². The summed E-state index contributed by atoms with van der Waals surface area (Å²) in [6, 6.07) is 4.18. The highest BCUT2D eigenvalue weighted by Crippen LogP contribution is 2.40. The van der Waals surface area contributed by atoms with Crippen molar-refractivity contribution in [3.05, 3.63) is 64.6 Å². The van der Waals surface area contributed by atoms with Crippen molar-refractivity contribution >= 4 is 11.6 Å². The average Bonchev–Trinajstić information content (AvgIpc) is 3.71. The minimum atomic E-state index is -0.429. The SMILES string of the molecule is Cc1cc(NC(=O)c2cnn(-c3ncc(C4CC4)cc3F)c2C)cnc1[C@H]1CC[C@H](N2CCOCC2)CC1. The molecular formula is C29H35FN6O2. The molecule has 0 spiro atoms. The minimum absolute atomic E-state index is 0.108. The summed E-state index contributed by atoms with van der Waals surface area (Å²) in [5.74, 6) is 0.243. The van der Waals surface area contributed by atoms with Crippen LogP contribution in [0, 0.1) is 19.7 Å². The Morgan fingerprint density at radius 3 is 2.39 bits per heavy atom. The first-order chi connectivity index (χ1) is 18.5. The third kappa shape index (κ3) is 5.09. The molecule has 8 nitrogen and oxygen atoms in total. The van der Waals surface area contributed by atoms with Gasteiger partial charge in [0.1, 0.15) is 0 Å². The van der Waals surface area contributed by atoms with Crippen molar-refractivity contribution < 1.29 is 13.9 Å². The number of rotatable bonds is 6. The maximum absolute atomic E-state index is 14.8. The minimum Gasteiger partial charge on any atom is -0.379 e. The zero-order valence-corrected chi connectivity index (χ0v) is 22.1. The Bertz CT molecular complexity index is 1320. The van der Waals surface area contributed by atoms with Crippen molar-refractivity contribution in [1.82, 2.24) is 24.6 Å². The van der Waals surface area contributed by atoms with Crippen LogP contribution in [0.2, 0.25) is 0 Å². The van der Waals surface area contributed by atoms with Gasteiger partial charge in [-0.05, 0) is 81.5 Å². The second kappa shape index (κ2) is 10.5. The molecule has 0 bridgehead atoms. The van der Waals surface area contributed by atoms with Crippen LogP contribution < -0.4 is 5.32 Å². The Morgan fingerprint density at radius 2 is 1.71 bits per heavy atom. The predicted octanol–water partition coefficient (Wildman–Crippen LogP) is 4.91. The van der Waals surface area contributed by atoms with E-state index in [-0.39, 0.29) is 11.7 Å². The van der Waals surface area contributed by atoms with Crippen LogP contribution in [0.1, 0.15) is 83.2 Å². The molecule has 0 aromatic carbocycles. The molecular weight excluding hydrogens is 483 g/mol. The third-order valence-corrected chi connectivity index (χ3v) is 8.37. The number of hydrogen-bond acceptors (Lipinski definition) is 6. The second-order valence-corrected chi connectivity index (χ2v) is 10.9. The Morgan fingerprint density at radius 1 is 0.974 bits per heavy atom. The van der Waals surface area contributed by atoms with Gasteiger partial charge >= 0.3 is 0 Å². The fourth-order valence-corrected chi connectivity index (χ4v) is 6.02. The van der Waals surface area contributed by atoms with Crippen LogP contribution >= 0.6 is 0 Å². The fourth-order valence-electron chi connectivity index (χ4n) is 6.02. The Balaban J connectivity index is 1.10. The largest absolute Gasteiger partial charge is 0.379 e. The van der Waals surface area contributed by atoms with Gasteiger partial charge in [-0.3, -0.25) is 14.7 Å². The molecule has 1 N–H and O–H groups in total. The molecule has 9 heteroatoms. The summed E-state index contributed by atoms with van der Waals surface area (Å²) >= 11 is 0. The zero-order valence-electron chi connectivity index (χ0n) is 22.1. The number of nitrogens with one attached hydrogen (secondary N) is 1. The van der Waals surface area contributed by atoms with E-state index in [9.17, 15) is 9.18 Å². The van der Waals surface area contributed by atoms with Crippen LogP contribution in [0.15, 0.2) is 30.7 Å². The molecule has 3 aliphatic rings. The standard InChI is InChI=1S/C29H35FN6O2/c1-18-13-23(16-31-27(18)21-5-7-24(8-6-21)35-9-11-38-12-10-35)34-29(37)25-17-33-36(19(25)2)28-26(30)14-22(15-32-28)20-3-4-20/h13-17,20-21,24H,3-12H2,1-2H3,(H,34,37)/t21-,24-. The molecule has 4 heterocycles. The number of amides is 1. The smallest absolute Gasteiger partial charge is 0.259 e. The molecule has 0 unspecified atom stereocenters. The lowest BCUT2D eigenvalue weighted by Crippen LogP contribution is -2.44. The van der Waals surface area contributed by atoms with Gasteiger partial charge in [0.15, 0.2) is 11.6 Å². The molecule has 1 amide bonds. The second-order valence-electron chi connectivity index (χ2n) is 10.9. The maximum atomic E-state index is 14.8. The van der Waals surface area contributed by atoms with Crippen LogP contribution in [-0.4, -0.2) is 62.9 Å². The van der Waals surface area contributed by atoms with Gasteiger partial charge in [0, 0.05) is 36.9 Å². The molecule has 6 rings (SSSR count). The lowest BCUT2D eigenvalue weighted by Gasteiger charge is -2.38. The highest BCUT2D eigenvalue weighted by atomic mass is 19.1. The monoisotopic (exact) mass is 518 g/mol. The van der Waals surface area contributed by atoms with E-state index in [1.54, 1.807) is 19.3 Å². The van der Waals surface area contributed by atoms with Gasteiger partial charge in [-0.1, -0.05) is 0 Å². The third-order valence-electron chi connectivity index (χ3n) is 8.37. The van der Waals surface area contributed by atoms with E-state index in [1.165, 1.54) is 29.8 Å². The fraction of sp³-hybridized carbons (Fsp3) is 0.517. The van der Waals surface area contributed by atoms with Gasteiger partial charge < -0.3 is 10.1 Å². The summed E-state index contributed by atoms with van der Waals surface area (Å²) in [5, 5.41) is 7.20. The first-order valence-electron chi connectivity index (χ1n) is 13.8. The van der Waals surface area contributed by atoms with Gasteiger partial charge in [0.05, 0.1) is 42.6 Å². The molecule has 200 valence electrons. The van der Waals surface area contributed by atoms with Crippen LogP contribution in [0.3, 0.4) is 0 Å². The summed E-state index contributed by atoms with van der Waals surface area (Å²) in [4.78, 5) is 24.7. The van der Waals surface area contributed by atoms with Crippen molar-refractivity contribution in [3.8, 4) is 5.82 Å². The molecule has 0 radical (unpaired) electrons. The van der Waals surface area contributed by atoms with Crippen molar-refractivity contribution in [2.75, 3.05) is 31.6 Å². The summed E-state index contributed by atoms with van der Waals surface area (Å²) in [6.45, 7) is 7.58. The van der Waals surface area contributed by atoms with Gasteiger partial charge in [-0.25, -0.2) is 14.1 Å². The average molecular weight is 519 g/mol.